The van der Waals surface area contributed by atoms with Gasteiger partial charge in [0, 0.05) is 0 Å². The standard InChI is InChI=1S/C5H6BrClO/c6-3-4(8)5(7)1-2-5/h1-3H2. The SMILES string of the molecule is O=C(CBr)C1(Cl)CC1. The van der Waals surface area contributed by atoms with Gasteiger partial charge in [0.05, 0.1) is 5.33 Å². The maximum absolute atomic E-state index is 10.7. The Morgan fingerprint density at radius 1 is 1.75 bits per heavy atom. The molecule has 0 spiro atoms. The topological polar surface area (TPSA) is 17.1 Å². The van der Waals surface area contributed by atoms with Crippen LogP contribution in [-0.4, -0.2) is 16.0 Å². The number of carbonyl (C=O) groups excluding carboxylic acids is 1. The van der Waals surface area contributed by atoms with Crippen LogP contribution in [0.4, 0.5) is 0 Å². The second-order valence-electron chi connectivity index (χ2n) is 2.02. The minimum atomic E-state index is -0.455. The third-order valence-corrected chi connectivity index (χ3v) is 2.41. The van der Waals surface area contributed by atoms with Crippen LogP contribution in [0.25, 0.3) is 0 Å². The molecule has 46 valence electrons. The number of rotatable bonds is 2. The summed E-state index contributed by atoms with van der Waals surface area (Å²) in [6, 6.07) is 0. The van der Waals surface area contributed by atoms with Crippen molar-refractivity contribution in [2.75, 3.05) is 5.33 Å². The summed E-state index contributed by atoms with van der Waals surface area (Å²) in [5, 5.41) is 0.399. The summed E-state index contributed by atoms with van der Waals surface area (Å²) in [7, 11) is 0. The Morgan fingerprint density at radius 2 is 2.25 bits per heavy atom. The predicted molar refractivity (Wildman–Crippen MR) is 36.6 cm³/mol. The van der Waals surface area contributed by atoms with Crippen LogP contribution in [0.1, 0.15) is 12.8 Å². The summed E-state index contributed by atoms with van der Waals surface area (Å²) in [4.78, 5) is 10.3. The predicted octanol–water partition coefficient (Wildman–Crippen LogP) is 1.72. The van der Waals surface area contributed by atoms with Crippen molar-refractivity contribution in [1.82, 2.24) is 0 Å². The summed E-state index contributed by atoms with van der Waals surface area (Å²) in [6.45, 7) is 0. The van der Waals surface area contributed by atoms with Crippen LogP contribution >= 0.6 is 27.5 Å². The van der Waals surface area contributed by atoms with Gasteiger partial charge >= 0.3 is 0 Å². The number of alkyl halides is 2. The molecule has 0 aromatic heterocycles. The van der Waals surface area contributed by atoms with Crippen molar-refractivity contribution in [1.29, 1.82) is 0 Å². The number of halogens is 2. The quantitative estimate of drug-likeness (QED) is 0.616. The van der Waals surface area contributed by atoms with E-state index in [1.807, 2.05) is 0 Å². The van der Waals surface area contributed by atoms with Gasteiger partial charge in [-0.3, -0.25) is 4.79 Å². The molecule has 1 rings (SSSR count). The van der Waals surface area contributed by atoms with Gasteiger partial charge in [-0.2, -0.15) is 0 Å². The first-order valence-electron chi connectivity index (χ1n) is 2.47. The van der Waals surface area contributed by atoms with Crippen molar-refractivity contribution in [3.05, 3.63) is 0 Å². The van der Waals surface area contributed by atoms with Gasteiger partial charge < -0.3 is 0 Å². The molecule has 0 atom stereocenters. The van der Waals surface area contributed by atoms with Crippen molar-refractivity contribution in [2.24, 2.45) is 0 Å². The Morgan fingerprint density at radius 3 is 2.38 bits per heavy atom. The van der Waals surface area contributed by atoms with Crippen molar-refractivity contribution in [3.8, 4) is 0 Å². The van der Waals surface area contributed by atoms with Crippen LogP contribution < -0.4 is 0 Å². The van der Waals surface area contributed by atoms with Crippen LogP contribution in [0.3, 0.4) is 0 Å². The Balaban J connectivity index is 2.46. The van der Waals surface area contributed by atoms with Gasteiger partial charge in [0.25, 0.3) is 0 Å². The molecule has 0 heterocycles. The lowest BCUT2D eigenvalue weighted by atomic mass is 10.3. The van der Waals surface area contributed by atoms with Crippen LogP contribution in [0, 0.1) is 0 Å². The lowest BCUT2D eigenvalue weighted by Gasteiger charge is -1.97. The monoisotopic (exact) mass is 196 g/mol. The molecule has 3 heteroatoms. The molecule has 1 aliphatic rings. The van der Waals surface area contributed by atoms with Gasteiger partial charge in [-0.1, -0.05) is 15.9 Å². The molecule has 0 aromatic carbocycles. The second-order valence-corrected chi connectivity index (χ2v) is 3.31. The normalized spacial score (nSPS) is 22.8. The fraction of sp³-hybridized carbons (Fsp3) is 0.800. The molecule has 1 aliphatic carbocycles. The molecule has 8 heavy (non-hydrogen) atoms. The van der Waals surface area contributed by atoms with Gasteiger partial charge in [0.1, 0.15) is 4.87 Å². The number of carbonyl (C=O) groups is 1. The number of hydrogen-bond acceptors (Lipinski definition) is 1. The lowest BCUT2D eigenvalue weighted by Crippen LogP contribution is -2.15. The first-order valence-corrected chi connectivity index (χ1v) is 3.97. The molecule has 0 aliphatic heterocycles. The van der Waals surface area contributed by atoms with Crippen LogP contribution in [0.15, 0.2) is 0 Å². The molecule has 1 nitrogen and oxygen atoms in total. The molecule has 1 saturated carbocycles. The first kappa shape index (κ1) is 6.56. The largest absolute Gasteiger partial charge is 0.297 e. The van der Waals surface area contributed by atoms with E-state index in [0.717, 1.165) is 12.8 Å². The average Bonchev–Trinajstić information content (AvgIpc) is 2.47. The zero-order valence-electron chi connectivity index (χ0n) is 4.29. The molecule has 0 bridgehead atoms. The average molecular weight is 197 g/mol. The molecule has 0 amide bonds. The molecule has 0 N–H and O–H groups in total. The summed E-state index contributed by atoms with van der Waals surface area (Å²) in [5.41, 5.74) is 0. The van der Waals surface area contributed by atoms with Crippen LogP contribution in [0.5, 0.6) is 0 Å². The number of ketones is 1. The smallest absolute Gasteiger partial charge is 0.164 e. The highest BCUT2D eigenvalue weighted by Gasteiger charge is 2.46. The van der Waals surface area contributed by atoms with Crippen molar-refractivity contribution in [3.63, 3.8) is 0 Å². The van der Waals surface area contributed by atoms with Gasteiger partial charge in [-0.25, -0.2) is 0 Å². The zero-order valence-corrected chi connectivity index (χ0v) is 6.63. The zero-order chi connectivity index (χ0) is 6.20. The Hall–Kier alpha value is 0.440. The van der Waals surface area contributed by atoms with Crippen molar-refractivity contribution >= 4 is 33.3 Å². The molecular formula is C5H6BrClO. The van der Waals surface area contributed by atoms with Gasteiger partial charge in [0.2, 0.25) is 0 Å². The van der Waals surface area contributed by atoms with Gasteiger partial charge in [-0.15, -0.1) is 11.6 Å². The maximum atomic E-state index is 10.7. The summed E-state index contributed by atoms with van der Waals surface area (Å²) >= 11 is 8.77. The lowest BCUT2D eigenvalue weighted by molar-refractivity contribution is -0.116. The molecule has 0 unspecified atom stereocenters. The Bertz CT molecular complexity index is 120. The van der Waals surface area contributed by atoms with E-state index < -0.39 is 4.87 Å². The molecule has 0 saturated heterocycles. The summed E-state index contributed by atoms with van der Waals surface area (Å²) < 4.78 is 0. The minimum absolute atomic E-state index is 0.124. The molecule has 1 fully saturated rings. The fourth-order valence-corrected chi connectivity index (χ4v) is 1.37. The highest BCUT2D eigenvalue weighted by Crippen LogP contribution is 2.43. The number of Topliss-reactive ketones (excluding diaryl/α,β-unsaturated/α-hetero) is 1. The third kappa shape index (κ3) is 1.06. The van der Waals surface area contributed by atoms with E-state index in [-0.39, 0.29) is 5.78 Å². The maximum Gasteiger partial charge on any atom is 0.164 e. The number of hydrogen-bond donors (Lipinski definition) is 0. The fourth-order valence-electron chi connectivity index (χ4n) is 0.508. The first-order chi connectivity index (χ1) is 3.69. The summed E-state index contributed by atoms with van der Waals surface area (Å²) in [6.07, 6.45) is 1.72. The van der Waals surface area contributed by atoms with E-state index in [9.17, 15) is 4.79 Å². The van der Waals surface area contributed by atoms with E-state index in [1.165, 1.54) is 0 Å². The van der Waals surface area contributed by atoms with E-state index in [4.69, 9.17) is 11.6 Å². The minimum Gasteiger partial charge on any atom is -0.297 e. The van der Waals surface area contributed by atoms with E-state index in [1.54, 1.807) is 0 Å². The van der Waals surface area contributed by atoms with E-state index in [0.29, 0.717) is 5.33 Å². The van der Waals surface area contributed by atoms with Crippen molar-refractivity contribution < 1.29 is 4.79 Å². The van der Waals surface area contributed by atoms with E-state index >= 15 is 0 Å². The van der Waals surface area contributed by atoms with E-state index in [2.05, 4.69) is 15.9 Å². The molecule has 0 aromatic rings. The highest BCUT2D eigenvalue weighted by molar-refractivity contribution is 9.09. The van der Waals surface area contributed by atoms with Gasteiger partial charge in [-0.05, 0) is 12.8 Å². The Labute approximate surface area is 61.5 Å². The summed E-state index contributed by atoms with van der Waals surface area (Å²) in [5.74, 6) is 0.124. The van der Waals surface area contributed by atoms with Crippen LogP contribution in [0.2, 0.25) is 0 Å². The highest BCUT2D eigenvalue weighted by atomic mass is 79.9. The second kappa shape index (κ2) is 1.99. The van der Waals surface area contributed by atoms with Crippen molar-refractivity contribution in [2.45, 2.75) is 17.7 Å². The van der Waals surface area contributed by atoms with Crippen LogP contribution in [-0.2, 0) is 4.79 Å². The molecule has 0 radical (unpaired) electrons. The van der Waals surface area contributed by atoms with Gasteiger partial charge in [0.15, 0.2) is 5.78 Å². The third-order valence-electron chi connectivity index (χ3n) is 1.31. The molecular weight excluding hydrogens is 191 g/mol. The Kier molecular flexibility index (Phi) is 1.63.